The first-order valence-corrected chi connectivity index (χ1v) is 12.0. The fourth-order valence-corrected chi connectivity index (χ4v) is 5.48. The number of nitrogens with two attached hydrogens (primary N) is 1. The van der Waals surface area contributed by atoms with Crippen LogP contribution in [0.3, 0.4) is 0 Å². The number of hydrogen-bond acceptors (Lipinski definition) is 10. The molecule has 0 saturated carbocycles. The Kier molecular flexibility index (Phi) is 6.01. The van der Waals surface area contributed by atoms with Gasteiger partial charge in [0.2, 0.25) is 0 Å². The quantitative estimate of drug-likeness (QED) is 0.488. The van der Waals surface area contributed by atoms with Crippen LogP contribution in [-0.2, 0) is 27.9 Å². The van der Waals surface area contributed by atoms with Crippen molar-refractivity contribution in [3.63, 3.8) is 0 Å². The van der Waals surface area contributed by atoms with Crippen LogP contribution in [0.4, 0.5) is 5.82 Å². The van der Waals surface area contributed by atoms with E-state index in [0.29, 0.717) is 11.3 Å². The second-order valence-electron chi connectivity index (χ2n) is 9.40. The van der Waals surface area contributed by atoms with E-state index in [1.165, 1.54) is 6.33 Å². The molecule has 0 bridgehead atoms. The summed E-state index contributed by atoms with van der Waals surface area (Å²) in [6.45, 7) is 9.64. The molecule has 0 aromatic carbocycles. The van der Waals surface area contributed by atoms with Crippen molar-refractivity contribution in [1.82, 2.24) is 24.7 Å². The number of carbonyl (C=O) groups is 1. The molecule has 0 radical (unpaired) electrons. The highest BCUT2D eigenvalue weighted by Gasteiger charge is 2.52. The molecule has 2 fully saturated rings. The van der Waals surface area contributed by atoms with Crippen LogP contribution in [0.25, 0.3) is 5.65 Å². The monoisotopic (exact) mass is 468 g/mol. The zero-order valence-corrected chi connectivity index (χ0v) is 19.6. The Labute approximate surface area is 185 Å². The van der Waals surface area contributed by atoms with E-state index in [0.717, 1.165) is 0 Å². The minimum atomic E-state index is -3.75. The Morgan fingerprint density at radius 1 is 1.44 bits per heavy atom. The number of nitrogens with one attached hydrogen (secondary N) is 1. The number of anilines is 1. The summed E-state index contributed by atoms with van der Waals surface area (Å²) in [5.74, 6) is -0.464. The van der Waals surface area contributed by atoms with Gasteiger partial charge in [-0.3, -0.25) is 13.8 Å². The van der Waals surface area contributed by atoms with E-state index in [1.807, 2.05) is 27.7 Å². The zero-order chi connectivity index (χ0) is 23.3. The molecule has 2 saturated heterocycles. The molecule has 0 spiro atoms. The van der Waals surface area contributed by atoms with Gasteiger partial charge < -0.3 is 15.2 Å². The third kappa shape index (κ3) is 4.51. The fraction of sp³-hybridized carbons (Fsp3) is 0.684. The molecule has 2 aliphatic rings. The van der Waals surface area contributed by atoms with Crippen molar-refractivity contribution >= 4 is 25.2 Å². The van der Waals surface area contributed by atoms with Gasteiger partial charge in [-0.25, -0.2) is 24.1 Å². The van der Waals surface area contributed by atoms with Crippen molar-refractivity contribution in [1.29, 1.82) is 0 Å². The number of nitrogen functional groups attached to an aromatic ring is 1. The lowest BCUT2D eigenvalue weighted by atomic mass is 9.97. The minimum absolute atomic E-state index is 0.0490. The molecule has 32 heavy (non-hydrogen) atoms. The lowest BCUT2D eigenvalue weighted by molar-refractivity contribution is -0.148. The van der Waals surface area contributed by atoms with Crippen molar-refractivity contribution in [2.45, 2.75) is 59.0 Å². The van der Waals surface area contributed by atoms with Crippen molar-refractivity contribution in [2.24, 2.45) is 11.3 Å². The number of rotatable bonds is 5. The highest BCUT2D eigenvalue weighted by molar-refractivity contribution is 7.51. The van der Waals surface area contributed by atoms with Crippen molar-refractivity contribution < 1.29 is 27.9 Å². The predicted octanol–water partition coefficient (Wildman–Crippen LogP) is 1.87. The summed E-state index contributed by atoms with van der Waals surface area (Å²) in [6, 6.07) is -0.869. The van der Waals surface area contributed by atoms with Crippen LogP contribution < -0.4 is 10.8 Å². The smallest absolute Gasteiger partial charge is 0.406 e. The standard InChI is InChI=1S/C19H29N6O6P/c1-10-14(12-6-21-17-16(20)22-9-23-25(12)17)30-13-7-29-32(27,31-15(10)13)24-11(2)18(26)28-8-19(3,4)5/h6,9-11,13-15H,7-8H2,1-5H3,(H,24,27)(H2,20,22,23). The molecule has 2 aromatic rings. The van der Waals surface area contributed by atoms with Crippen molar-refractivity contribution in [3.05, 3.63) is 18.2 Å². The third-order valence-corrected chi connectivity index (χ3v) is 7.07. The second-order valence-corrected chi connectivity index (χ2v) is 11.1. The SMILES string of the molecule is CC(NP1(=O)OCC2OC(c3cnc4c(N)ncnn34)C(C)C2O1)C(=O)OCC(C)(C)C. The highest BCUT2D eigenvalue weighted by atomic mass is 31.2. The van der Waals surface area contributed by atoms with Crippen LogP contribution in [0, 0.1) is 11.3 Å². The predicted molar refractivity (Wildman–Crippen MR) is 113 cm³/mol. The van der Waals surface area contributed by atoms with Crippen LogP contribution in [0.15, 0.2) is 12.5 Å². The fourth-order valence-electron chi connectivity index (χ4n) is 3.72. The van der Waals surface area contributed by atoms with Gasteiger partial charge in [0.05, 0.1) is 25.1 Å². The summed E-state index contributed by atoms with van der Waals surface area (Å²) < 4.78 is 37.5. The van der Waals surface area contributed by atoms with Crippen LogP contribution in [-0.4, -0.2) is 57.0 Å². The van der Waals surface area contributed by atoms with E-state index in [9.17, 15) is 9.36 Å². The van der Waals surface area contributed by atoms with Crippen molar-refractivity contribution in [2.75, 3.05) is 18.9 Å². The van der Waals surface area contributed by atoms with Gasteiger partial charge in [-0.1, -0.05) is 27.7 Å². The Morgan fingerprint density at radius 3 is 2.91 bits per heavy atom. The van der Waals surface area contributed by atoms with Crippen molar-refractivity contribution in [3.8, 4) is 0 Å². The largest absolute Gasteiger partial charge is 0.464 e. The first-order valence-electron chi connectivity index (χ1n) is 10.4. The molecule has 2 aliphatic heterocycles. The average molecular weight is 468 g/mol. The highest BCUT2D eigenvalue weighted by Crippen LogP contribution is 2.55. The van der Waals surface area contributed by atoms with Gasteiger partial charge in [-0.2, -0.15) is 5.10 Å². The summed E-state index contributed by atoms with van der Waals surface area (Å²) in [4.78, 5) is 20.5. The Morgan fingerprint density at radius 2 is 2.19 bits per heavy atom. The van der Waals surface area contributed by atoms with Gasteiger partial charge >= 0.3 is 13.7 Å². The molecule has 6 atom stereocenters. The summed E-state index contributed by atoms with van der Waals surface area (Å²) in [5, 5.41) is 6.89. The number of fused-ring (bicyclic) bond motifs is 2. The molecular weight excluding hydrogens is 439 g/mol. The number of carbonyl (C=O) groups excluding carboxylic acids is 1. The topological polar surface area (TPSA) is 152 Å². The number of imidazole rings is 1. The number of hydrogen-bond donors (Lipinski definition) is 2. The molecule has 12 nitrogen and oxygen atoms in total. The van der Waals surface area contributed by atoms with Crippen LogP contribution >= 0.6 is 7.75 Å². The first kappa shape index (κ1) is 23.1. The number of aromatic nitrogens is 4. The van der Waals surface area contributed by atoms with Gasteiger partial charge in [0.15, 0.2) is 11.5 Å². The van der Waals surface area contributed by atoms with Crippen LogP contribution in [0.1, 0.15) is 46.4 Å². The van der Waals surface area contributed by atoms with E-state index < -0.39 is 38.1 Å². The van der Waals surface area contributed by atoms with E-state index in [2.05, 4.69) is 20.2 Å². The number of ether oxygens (including phenoxy) is 2. The molecule has 176 valence electrons. The van der Waals surface area contributed by atoms with E-state index in [1.54, 1.807) is 17.6 Å². The van der Waals surface area contributed by atoms with Gasteiger partial charge in [-0.15, -0.1) is 0 Å². The Hall–Kier alpha value is -2.11. The molecule has 4 rings (SSSR count). The Bertz CT molecular complexity index is 1050. The van der Waals surface area contributed by atoms with E-state index in [-0.39, 0.29) is 30.4 Å². The summed E-state index contributed by atoms with van der Waals surface area (Å²) >= 11 is 0. The summed E-state index contributed by atoms with van der Waals surface area (Å²) in [7, 11) is -3.75. The lowest BCUT2D eigenvalue weighted by Crippen LogP contribution is -2.42. The van der Waals surface area contributed by atoms with Gasteiger partial charge in [0, 0.05) is 5.92 Å². The second kappa shape index (κ2) is 8.35. The molecule has 2 aromatic heterocycles. The normalized spacial score (nSPS) is 31.4. The number of nitrogens with zero attached hydrogens (tertiary/aromatic N) is 4. The zero-order valence-electron chi connectivity index (χ0n) is 18.7. The molecular formula is C19H29N6O6P. The maximum absolute atomic E-state index is 13.2. The molecule has 13 heteroatoms. The molecule has 3 N–H and O–H groups in total. The molecule has 0 aliphatic carbocycles. The van der Waals surface area contributed by atoms with Crippen LogP contribution in [0.2, 0.25) is 0 Å². The number of esters is 1. The van der Waals surface area contributed by atoms with E-state index in [4.69, 9.17) is 24.3 Å². The maximum Gasteiger partial charge on any atom is 0.406 e. The molecule has 4 heterocycles. The summed E-state index contributed by atoms with van der Waals surface area (Å²) in [6.07, 6.45) is 1.59. The first-order chi connectivity index (χ1) is 15.0. The summed E-state index contributed by atoms with van der Waals surface area (Å²) in [5.41, 5.74) is 6.80. The average Bonchev–Trinajstić information content (AvgIpc) is 3.27. The van der Waals surface area contributed by atoms with Gasteiger partial charge in [0.1, 0.15) is 30.7 Å². The van der Waals surface area contributed by atoms with Gasteiger partial charge in [-0.05, 0) is 12.3 Å². The van der Waals surface area contributed by atoms with Crippen LogP contribution in [0.5, 0.6) is 0 Å². The third-order valence-electron chi connectivity index (χ3n) is 5.35. The molecule has 6 unspecified atom stereocenters. The molecule has 0 amide bonds. The minimum Gasteiger partial charge on any atom is -0.464 e. The van der Waals surface area contributed by atoms with Gasteiger partial charge in [0.25, 0.3) is 0 Å². The Balaban J connectivity index is 1.45. The lowest BCUT2D eigenvalue weighted by Gasteiger charge is -2.33. The van der Waals surface area contributed by atoms with E-state index >= 15 is 0 Å². The maximum atomic E-state index is 13.2.